The van der Waals surface area contributed by atoms with Crippen LogP contribution in [0.4, 0.5) is 4.39 Å². The second-order valence-corrected chi connectivity index (χ2v) is 8.68. The summed E-state index contributed by atoms with van der Waals surface area (Å²) in [5, 5.41) is 0. The summed E-state index contributed by atoms with van der Waals surface area (Å²) in [4.78, 5) is 19.9. The van der Waals surface area contributed by atoms with E-state index < -0.39 is 0 Å². The Morgan fingerprint density at radius 1 is 1.16 bits per heavy atom. The lowest BCUT2D eigenvalue weighted by atomic mass is 9.87. The van der Waals surface area contributed by atoms with E-state index in [1.165, 1.54) is 12.1 Å². The van der Waals surface area contributed by atoms with E-state index in [0.29, 0.717) is 24.6 Å². The Balaban J connectivity index is 1.38. The zero-order valence-corrected chi connectivity index (χ0v) is 19.0. The highest BCUT2D eigenvalue weighted by molar-refractivity contribution is 5.40. The number of rotatable bonds is 8. The van der Waals surface area contributed by atoms with Crippen LogP contribution in [0.25, 0.3) is 5.65 Å². The molecule has 1 fully saturated rings. The zero-order chi connectivity index (χ0) is 22.5. The molecule has 0 amide bonds. The molecule has 1 saturated heterocycles. The van der Waals surface area contributed by atoms with Gasteiger partial charge >= 0.3 is 0 Å². The predicted molar refractivity (Wildman–Crippen MR) is 124 cm³/mol. The van der Waals surface area contributed by atoms with Crippen molar-refractivity contribution in [2.45, 2.75) is 45.6 Å². The number of aromatic nitrogens is 2. The van der Waals surface area contributed by atoms with Gasteiger partial charge in [-0.15, -0.1) is 0 Å². The van der Waals surface area contributed by atoms with Crippen LogP contribution in [0.1, 0.15) is 49.1 Å². The molecule has 3 aromatic rings. The van der Waals surface area contributed by atoms with Crippen molar-refractivity contribution in [3.63, 3.8) is 0 Å². The van der Waals surface area contributed by atoms with Crippen molar-refractivity contribution in [3.05, 3.63) is 81.7 Å². The first-order valence-corrected chi connectivity index (χ1v) is 11.6. The molecule has 170 valence electrons. The van der Waals surface area contributed by atoms with E-state index in [4.69, 9.17) is 4.74 Å². The first-order chi connectivity index (χ1) is 15.6. The number of ether oxygens (including phenoxy) is 1. The largest absolute Gasteiger partial charge is 0.373 e. The van der Waals surface area contributed by atoms with Crippen molar-refractivity contribution in [1.29, 1.82) is 0 Å². The van der Waals surface area contributed by atoms with Gasteiger partial charge in [0.25, 0.3) is 5.56 Å². The molecule has 32 heavy (non-hydrogen) atoms. The molecule has 6 heteroatoms. The van der Waals surface area contributed by atoms with Crippen molar-refractivity contribution in [2.75, 3.05) is 26.2 Å². The number of likely N-dealkylation sites (tertiary alicyclic amines) is 1. The highest BCUT2D eigenvalue weighted by atomic mass is 19.1. The van der Waals surface area contributed by atoms with Gasteiger partial charge in [-0.25, -0.2) is 9.37 Å². The third-order valence-corrected chi connectivity index (χ3v) is 6.47. The highest BCUT2D eigenvalue weighted by Gasteiger charge is 2.28. The van der Waals surface area contributed by atoms with Gasteiger partial charge in [-0.2, -0.15) is 0 Å². The molecule has 1 aromatic carbocycles. The molecule has 0 aliphatic carbocycles. The van der Waals surface area contributed by atoms with Gasteiger partial charge in [-0.05, 0) is 81.4 Å². The molecule has 0 saturated carbocycles. The van der Waals surface area contributed by atoms with E-state index in [-0.39, 0.29) is 17.5 Å². The molecular formula is C26H32FN3O2. The van der Waals surface area contributed by atoms with Crippen molar-refractivity contribution in [1.82, 2.24) is 14.3 Å². The normalized spacial score (nSPS) is 16.5. The quantitative estimate of drug-likeness (QED) is 0.518. The second kappa shape index (κ2) is 10.4. The molecule has 3 heterocycles. The number of piperidine rings is 1. The van der Waals surface area contributed by atoms with E-state index in [1.54, 1.807) is 10.6 Å². The number of benzene rings is 1. The fourth-order valence-corrected chi connectivity index (χ4v) is 4.68. The van der Waals surface area contributed by atoms with Crippen LogP contribution in [-0.2, 0) is 11.2 Å². The minimum Gasteiger partial charge on any atom is -0.373 e. The smallest absolute Gasteiger partial charge is 0.261 e. The lowest BCUT2D eigenvalue weighted by Crippen LogP contribution is -2.38. The Labute approximate surface area is 188 Å². The molecule has 0 N–H and O–H groups in total. The average Bonchev–Trinajstić information content (AvgIpc) is 2.81. The Morgan fingerprint density at radius 2 is 1.91 bits per heavy atom. The van der Waals surface area contributed by atoms with Crippen molar-refractivity contribution in [2.24, 2.45) is 5.92 Å². The van der Waals surface area contributed by atoms with Gasteiger partial charge in [-0.3, -0.25) is 9.20 Å². The van der Waals surface area contributed by atoms with Crippen LogP contribution in [0.2, 0.25) is 0 Å². The summed E-state index contributed by atoms with van der Waals surface area (Å²) < 4.78 is 21.2. The molecule has 5 nitrogen and oxygen atoms in total. The molecule has 0 bridgehead atoms. The van der Waals surface area contributed by atoms with Crippen LogP contribution < -0.4 is 5.56 Å². The number of nitrogens with zero attached hydrogens (tertiary/aromatic N) is 3. The van der Waals surface area contributed by atoms with Crippen molar-refractivity contribution in [3.8, 4) is 0 Å². The van der Waals surface area contributed by atoms with E-state index in [2.05, 4.69) is 16.8 Å². The maximum absolute atomic E-state index is 13.4. The molecule has 1 aliphatic heterocycles. The summed E-state index contributed by atoms with van der Waals surface area (Å²) in [6, 6.07) is 12.4. The van der Waals surface area contributed by atoms with Crippen molar-refractivity contribution < 1.29 is 9.13 Å². The van der Waals surface area contributed by atoms with Crippen LogP contribution in [-0.4, -0.2) is 40.5 Å². The van der Waals surface area contributed by atoms with Crippen LogP contribution in [0.3, 0.4) is 0 Å². The fourth-order valence-electron chi connectivity index (χ4n) is 4.68. The molecule has 2 aromatic heterocycles. The van der Waals surface area contributed by atoms with Gasteiger partial charge < -0.3 is 9.64 Å². The number of pyridine rings is 1. The summed E-state index contributed by atoms with van der Waals surface area (Å²) in [5.41, 5.74) is 3.40. The van der Waals surface area contributed by atoms with E-state index in [9.17, 15) is 9.18 Å². The minimum absolute atomic E-state index is 0.00859. The molecule has 0 spiro atoms. The lowest BCUT2D eigenvalue weighted by Gasteiger charge is -2.36. The maximum Gasteiger partial charge on any atom is 0.261 e. The SMILES string of the molecule is CCCO[C@H](c1ccc(F)cc1)C1CCN(CCc2c(C)nc3ccccn3c2=O)CC1. The topological polar surface area (TPSA) is 46.8 Å². The van der Waals surface area contributed by atoms with E-state index in [0.717, 1.165) is 55.7 Å². The average molecular weight is 438 g/mol. The Morgan fingerprint density at radius 3 is 2.62 bits per heavy atom. The van der Waals surface area contributed by atoms with Crippen LogP contribution in [0.5, 0.6) is 0 Å². The third kappa shape index (κ3) is 5.08. The van der Waals surface area contributed by atoms with Gasteiger partial charge in [0.15, 0.2) is 0 Å². The first kappa shape index (κ1) is 22.6. The Hall–Kier alpha value is -2.57. The van der Waals surface area contributed by atoms with Gasteiger partial charge in [-0.1, -0.05) is 25.1 Å². The third-order valence-electron chi connectivity index (χ3n) is 6.47. The lowest BCUT2D eigenvalue weighted by molar-refractivity contribution is -0.0111. The van der Waals surface area contributed by atoms with Crippen LogP contribution in [0.15, 0.2) is 53.5 Å². The van der Waals surface area contributed by atoms with Crippen LogP contribution in [0, 0.1) is 18.7 Å². The number of aryl methyl sites for hydroxylation is 1. The standard InChI is InChI=1S/C26H32FN3O2/c1-3-18-32-25(20-7-9-22(27)10-8-20)21-11-15-29(16-12-21)17-13-23-19(2)28-24-6-4-5-14-30(24)26(23)31/h4-10,14,21,25H,3,11-13,15-18H2,1-2H3/t25-/m1/s1. The van der Waals surface area contributed by atoms with Crippen LogP contribution >= 0.6 is 0 Å². The molecule has 0 radical (unpaired) electrons. The van der Waals surface area contributed by atoms with Gasteiger partial charge in [0.2, 0.25) is 0 Å². The first-order valence-electron chi connectivity index (χ1n) is 11.6. The number of hydrogen-bond acceptors (Lipinski definition) is 4. The number of hydrogen-bond donors (Lipinski definition) is 0. The summed E-state index contributed by atoms with van der Waals surface area (Å²) in [5.74, 6) is 0.199. The summed E-state index contributed by atoms with van der Waals surface area (Å²) in [6.45, 7) is 7.53. The monoisotopic (exact) mass is 437 g/mol. The molecule has 1 aliphatic rings. The zero-order valence-electron chi connectivity index (χ0n) is 19.0. The number of fused-ring (bicyclic) bond motifs is 1. The highest BCUT2D eigenvalue weighted by Crippen LogP contribution is 2.34. The summed E-state index contributed by atoms with van der Waals surface area (Å²) in [6.07, 6.45) is 5.51. The molecule has 0 unspecified atom stereocenters. The molecule has 4 rings (SSSR count). The van der Waals surface area contributed by atoms with E-state index >= 15 is 0 Å². The Bertz CT molecular complexity index is 1090. The molecule has 1 atom stereocenters. The van der Waals surface area contributed by atoms with Gasteiger partial charge in [0, 0.05) is 30.6 Å². The molecular weight excluding hydrogens is 405 g/mol. The maximum atomic E-state index is 13.4. The van der Waals surface area contributed by atoms with Gasteiger partial charge in [0.05, 0.1) is 6.10 Å². The summed E-state index contributed by atoms with van der Waals surface area (Å²) in [7, 11) is 0. The Kier molecular flexibility index (Phi) is 7.33. The minimum atomic E-state index is -0.216. The predicted octanol–water partition coefficient (Wildman–Crippen LogP) is 4.56. The van der Waals surface area contributed by atoms with Crippen molar-refractivity contribution >= 4 is 5.65 Å². The second-order valence-electron chi connectivity index (χ2n) is 8.68. The number of halogens is 1. The van der Waals surface area contributed by atoms with E-state index in [1.807, 2.05) is 37.3 Å². The summed E-state index contributed by atoms with van der Waals surface area (Å²) >= 11 is 0. The van der Waals surface area contributed by atoms with Gasteiger partial charge in [0.1, 0.15) is 11.5 Å². The fraction of sp³-hybridized carbons (Fsp3) is 0.462.